The van der Waals surface area contributed by atoms with Crippen molar-refractivity contribution in [3.63, 3.8) is 0 Å². The molecule has 1 aliphatic rings. The fourth-order valence-corrected chi connectivity index (χ4v) is 3.69. The molecule has 0 radical (unpaired) electrons. The molecule has 1 atom stereocenters. The van der Waals surface area contributed by atoms with Crippen LogP contribution in [0.2, 0.25) is 0 Å². The summed E-state index contributed by atoms with van der Waals surface area (Å²) >= 11 is 0. The number of nitrogens with zero attached hydrogens (tertiary/aromatic N) is 5. The number of nitrogens with one attached hydrogen (secondary N) is 2. The minimum Gasteiger partial charge on any atom is -0.365 e. The van der Waals surface area contributed by atoms with Crippen LogP contribution in [0.1, 0.15) is 34.8 Å². The number of primary amides is 1. The molecule has 0 aliphatic heterocycles. The monoisotopic (exact) mass is 441 g/mol. The van der Waals surface area contributed by atoms with Crippen LogP contribution in [0.15, 0.2) is 73.2 Å². The molecule has 10 nitrogen and oxygen atoms in total. The van der Waals surface area contributed by atoms with Crippen molar-refractivity contribution in [2.24, 2.45) is 11.5 Å². The maximum atomic E-state index is 12.0. The maximum Gasteiger partial charge on any atom is 0.254 e. The first-order chi connectivity index (χ1) is 16.0. The number of carbonyl (C=O) groups is 1. The molecule has 2 aromatic heterocycles. The third-order valence-electron chi connectivity index (χ3n) is 5.62. The van der Waals surface area contributed by atoms with Crippen molar-refractivity contribution in [2.75, 3.05) is 10.6 Å². The van der Waals surface area contributed by atoms with Crippen LogP contribution in [0.5, 0.6) is 0 Å². The zero-order valence-corrected chi connectivity index (χ0v) is 17.7. The Labute approximate surface area is 190 Å². The Kier molecular flexibility index (Phi) is 5.19. The quantitative estimate of drug-likeness (QED) is 0.326. The second-order valence-corrected chi connectivity index (χ2v) is 8.04. The van der Waals surface area contributed by atoms with Crippen molar-refractivity contribution in [3.8, 4) is 5.69 Å². The van der Waals surface area contributed by atoms with Crippen LogP contribution in [-0.4, -0.2) is 36.4 Å². The van der Waals surface area contributed by atoms with Gasteiger partial charge in [-0.25, -0.2) is 4.98 Å². The summed E-state index contributed by atoms with van der Waals surface area (Å²) < 4.78 is 0. The Morgan fingerprint density at radius 1 is 1.06 bits per heavy atom. The molecule has 1 amide bonds. The summed E-state index contributed by atoms with van der Waals surface area (Å²) in [6, 6.07) is 17.2. The minimum atomic E-state index is -0.633. The Bertz CT molecular complexity index is 1270. The fraction of sp³-hybridized carbons (Fsp3) is 0.174. The molecule has 4 aromatic rings. The SMILES string of the molecule is NC(=O)c1cnc(NC(c2ccccc2)C2(N)CC2)nc1Nc1cccc(-n2nccn2)c1. The van der Waals surface area contributed by atoms with Crippen LogP contribution in [-0.2, 0) is 0 Å². The molecule has 166 valence electrons. The van der Waals surface area contributed by atoms with Gasteiger partial charge in [0.1, 0.15) is 11.4 Å². The van der Waals surface area contributed by atoms with Gasteiger partial charge in [0, 0.05) is 17.4 Å². The van der Waals surface area contributed by atoms with E-state index in [4.69, 9.17) is 11.5 Å². The van der Waals surface area contributed by atoms with Crippen molar-refractivity contribution in [1.29, 1.82) is 0 Å². The van der Waals surface area contributed by atoms with E-state index in [9.17, 15) is 4.79 Å². The van der Waals surface area contributed by atoms with Gasteiger partial charge >= 0.3 is 0 Å². The fourth-order valence-electron chi connectivity index (χ4n) is 3.69. The number of hydrogen-bond acceptors (Lipinski definition) is 8. The number of hydrogen-bond donors (Lipinski definition) is 4. The first-order valence-electron chi connectivity index (χ1n) is 10.5. The number of benzene rings is 2. The lowest BCUT2D eigenvalue weighted by molar-refractivity contribution is 0.100. The van der Waals surface area contributed by atoms with Crippen molar-refractivity contribution >= 4 is 23.4 Å². The number of anilines is 3. The van der Waals surface area contributed by atoms with E-state index in [1.54, 1.807) is 12.4 Å². The molecule has 2 heterocycles. The third-order valence-corrected chi connectivity index (χ3v) is 5.62. The normalized spacial score (nSPS) is 14.9. The van der Waals surface area contributed by atoms with E-state index in [2.05, 4.69) is 30.8 Å². The Hall–Kier alpha value is -4.31. The van der Waals surface area contributed by atoms with Gasteiger partial charge in [-0.15, -0.1) is 0 Å². The second kappa shape index (κ2) is 8.32. The van der Waals surface area contributed by atoms with Crippen molar-refractivity contribution in [1.82, 2.24) is 25.0 Å². The highest BCUT2D eigenvalue weighted by Crippen LogP contribution is 2.45. The molecule has 5 rings (SSSR count). The maximum absolute atomic E-state index is 12.0. The molecule has 10 heteroatoms. The molecule has 33 heavy (non-hydrogen) atoms. The average molecular weight is 441 g/mol. The first-order valence-corrected chi connectivity index (χ1v) is 10.5. The smallest absolute Gasteiger partial charge is 0.254 e. The summed E-state index contributed by atoms with van der Waals surface area (Å²) in [4.78, 5) is 22.4. The molecule has 2 aromatic carbocycles. The lowest BCUT2D eigenvalue weighted by Gasteiger charge is -2.25. The van der Waals surface area contributed by atoms with Crippen LogP contribution < -0.4 is 22.1 Å². The van der Waals surface area contributed by atoms with E-state index >= 15 is 0 Å². The number of carbonyl (C=O) groups excluding carboxylic acids is 1. The molecular weight excluding hydrogens is 418 g/mol. The van der Waals surface area contributed by atoms with Crippen molar-refractivity contribution < 1.29 is 4.79 Å². The van der Waals surface area contributed by atoms with Gasteiger partial charge in [-0.05, 0) is 36.6 Å². The molecule has 0 saturated heterocycles. The number of amides is 1. The molecular formula is C23H23N9O. The second-order valence-electron chi connectivity index (χ2n) is 8.04. The van der Waals surface area contributed by atoms with Crippen LogP contribution in [0.4, 0.5) is 17.5 Å². The summed E-state index contributed by atoms with van der Waals surface area (Å²) in [7, 11) is 0. The highest BCUT2D eigenvalue weighted by atomic mass is 16.1. The molecule has 1 unspecified atom stereocenters. The number of nitrogens with two attached hydrogens (primary N) is 2. The van der Waals surface area contributed by atoms with Crippen LogP contribution in [0.3, 0.4) is 0 Å². The van der Waals surface area contributed by atoms with Gasteiger partial charge in [-0.2, -0.15) is 20.0 Å². The van der Waals surface area contributed by atoms with Gasteiger partial charge in [-0.3, -0.25) is 4.79 Å². The molecule has 0 spiro atoms. The first kappa shape index (κ1) is 20.6. The predicted molar refractivity (Wildman–Crippen MR) is 124 cm³/mol. The van der Waals surface area contributed by atoms with E-state index in [1.165, 1.54) is 11.0 Å². The van der Waals surface area contributed by atoms with Gasteiger partial charge in [0.2, 0.25) is 5.95 Å². The minimum absolute atomic E-state index is 0.166. The summed E-state index contributed by atoms with van der Waals surface area (Å²) in [6.07, 6.45) is 6.41. The lowest BCUT2D eigenvalue weighted by atomic mass is 9.98. The molecule has 1 saturated carbocycles. The zero-order valence-electron chi connectivity index (χ0n) is 17.7. The molecule has 6 N–H and O–H groups in total. The van der Waals surface area contributed by atoms with Crippen LogP contribution >= 0.6 is 0 Å². The lowest BCUT2D eigenvalue weighted by Crippen LogP contribution is -2.36. The van der Waals surface area contributed by atoms with E-state index < -0.39 is 5.91 Å². The highest BCUT2D eigenvalue weighted by molar-refractivity contribution is 5.98. The Morgan fingerprint density at radius 3 is 2.52 bits per heavy atom. The van der Waals surface area contributed by atoms with Crippen molar-refractivity contribution in [3.05, 3.63) is 84.3 Å². The van der Waals surface area contributed by atoms with E-state index in [0.29, 0.717) is 17.5 Å². The number of rotatable bonds is 8. The van der Waals surface area contributed by atoms with Gasteiger partial charge in [-0.1, -0.05) is 36.4 Å². The van der Waals surface area contributed by atoms with Gasteiger partial charge in [0.15, 0.2) is 0 Å². The Morgan fingerprint density at radius 2 is 1.82 bits per heavy atom. The summed E-state index contributed by atoms with van der Waals surface area (Å²) in [5, 5.41) is 14.8. The van der Waals surface area contributed by atoms with Gasteiger partial charge in [0.05, 0.1) is 24.1 Å². The summed E-state index contributed by atoms with van der Waals surface area (Å²) in [5.41, 5.74) is 14.4. The topological polar surface area (TPSA) is 150 Å². The largest absolute Gasteiger partial charge is 0.365 e. The third kappa shape index (κ3) is 4.37. The molecule has 1 aliphatic carbocycles. The highest BCUT2D eigenvalue weighted by Gasteiger charge is 2.47. The standard InChI is InChI=1S/C23H23N9O/c24-20(33)18-14-26-22(30-19(23(25)9-10-23)15-5-2-1-3-6-15)31-21(18)29-16-7-4-8-17(13-16)32-27-11-12-28-32/h1-8,11-14,19H,9-10,25H2,(H2,24,33)(H2,26,29,30,31). The zero-order chi connectivity index (χ0) is 22.8. The summed E-state index contributed by atoms with van der Waals surface area (Å²) in [6.45, 7) is 0. The van der Waals surface area contributed by atoms with Gasteiger partial charge in [0.25, 0.3) is 5.91 Å². The summed E-state index contributed by atoms with van der Waals surface area (Å²) in [5.74, 6) is 0.00303. The van der Waals surface area contributed by atoms with Crippen molar-refractivity contribution in [2.45, 2.75) is 24.4 Å². The van der Waals surface area contributed by atoms with Crippen LogP contribution in [0.25, 0.3) is 5.69 Å². The van der Waals surface area contributed by atoms with E-state index in [1.807, 2.05) is 54.6 Å². The average Bonchev–Trinajstić information content (AvgIpc) is 3.33. The molecule has 1 fully saturated rings. The number of aromatic nitrogens is 5. The predicted octanol–water partition coefficient (Wildman–Crippen LogP) is 2.54. The molecule has 0 bridgehead atoms. The Balaban J connectivity index is 1.46. The van der Waals surface area contributed by atoms with Crippen LogP contribution in [0, 0.1) is 0 Å². The van der Waals surface area contributed by atoms with E-state index in [-0.39, 0.29) is 17.1 Å². The van der Waals surface area contributed by atoms with Gasteiger partial charge < -0.3 is 22.1 Å². The van der Waals surface area contributed by atoms with E-state index in [0.717, 1.165) is 24.1 Å².